The summed E-state index contributed by atoms with van der Waals surface area (Å²) in [7, 11) is 1.86. The fraction of sp³-hybridized carbons (Fsp3) is 0.300. The Morgan fingerprint density at radius 3 is 2.75 bits per heavy atom. The molecule has 0 amide bonds. The number of nitrogens with two attached hydrogens (primary N) is 1. The van der Waals surface area contributed by atoms with E-state index in [0.29, 0.717) is 0 Å². The van der Waals surface area contributed by atoms with Crippen molar-refractivity contribution < 1.29 is 4.42 Å². The molecule has 3 N–H and O–H groups in total. The third-order valence-corrected chi connectivity index (χ3v) is 3.03. The molecule has 2 rings (SSSR count). The van der Waals surface area contributed by atoms with Gasteiger partial charge in [-0.25, -0.2) is 5.43 Å². The molecule has 0 fully saturated rings. The molecule has 5 nitrogen and oxygen atoms in total. The summed E-state index contributed by atoms with van der Waals surface area (Å²) in [6, 6.07) is 3.60. The molecular weight excluding hydrogens is 272 g/mol. The third kappa shape index (κ3) is 1.91. The second kappa shape index (κ2) is 4.40. The van der Waals surface area contributed by atoms with E-state index in [1.807, 2.05) is 26.1 Å². The smallest absolute Gasteiger partial charge is 0.128 e. The van der Waals surface area contributed by atoms with Crippen LogP contribution in [-0.2, 0) is 7.05 Å². The van der Waals surface area contributed by atoms with Crippen LogP contribution in [-0.4, -0.2) is 9.78 Å². The summed E-state index contributed by atoms with van der Waals surface area (Å²) in [6.07, 6.45) is 1.73. The highest BCUT2D eigenvalue weighted by Crippen LogP contribution is 2.28. The summed E-state index contributed by atoms with van der Waals surface area (Å²) in [5.41, 5.74) is 3.66. The Bertz CT molecular complexity index is 471. The van der Waals surface area contributed by atoms with Crippen LogP contribution in [0.3, 0.4) is 0 Å². The van der Waals surface area contributed by atoms with Gasteiger partial charge in [-0.15, -0.1) is 0 Å². The molecule has 0 saturated carbocycles. The lowest BCUT2D eigenvalue weighted by Crippen LogP contribution is -2.30. The summed E-state index contributed by atoms with van der Waals surface area (Å²) in [4.78, 5) is 0. The highest BCUT2D eigenvalue weighted by molar-refractivity contribution is 9.10. The molecule has 0 aliphatic carbocycles. The first-order valence-electron chi connectivity index (χ1n) is 4.83. The molecule has 86 valence electrons. The molecule has 0 bridgehead atoms. The Labute approximate surface area is 102 Å². The van der Waals surface area contributed by atoms with E-state index >= 15 is 0 Å². The number of aromatic nitrogens is 2. The van der Waals surface area contributed by atoms with E-state index in [9.17, 15) is 0 Å². The summed E-state index contributed by atoms with van der Waals surface area (Å²) in [5, 5.41) is 4.15. The Kier molecular flexibility index (Phi) is 3.13. The van der Waals surface area contributed by atoms with Gasteiger partial charge in [0.2, 0.25) is 0 Å². The van der Waals surface area contributed by atoms with Crippen LogP contribution < -0.4 is 11.3 Å². The first-order chi connectivity index (χ1) is 7.63. The second-order valence-electron chi connectivity index (χ2n) is 3.55. The zero-order chi connectivity index (χ0) is 11.7. The molecule has 1 atom stereocenters. The van der Waals surface area contributed by atoms with E-state index < -0.39 is 0 Å². The minimum Gasteiger partial charge on any atom is -0.464 e. The molecule has 1 unspecified atom stereocenters. The molecule has 0 aliphatic heterocycles. The quantitative estimate of drug-likeness (QED) is 0.664. The molecule has 0 spiro atoms. The number of rotatable bonds is 3. The fourth-order valence-electron chi connectivity index (χ4n) is 1.65. The third-order valence-electron chi connectivity index (χ3n) is 2.42. The van der Waals surface area contributed by atoms with Crippen molar-refractivity contribution >= 4 is 15.9 Å². The van der Waals surface area contributed by atoms with Crippen LogP contribution in [0, 0.1) is 6.92 Å². The van der Waals surface area contributed by atoms with Crippen molar-refractivity contribution in [3.05, 3.63) is 40.0 Å². The van der Waals surface area contributed by atoms with E-state index in [1.54, 1.807) is 10.9 Å². The lowest BCUT2D eigenvalue weighted by molar-refractivity contribution is 0.422. The number of hydrogen-bond acceptors (Lipinski definition) is 4. The van der Waals surface area contributed by atoms with Crippen LogP contribution in [0.1, 0.15) is 23.3 Å². The van der Waals surface area contributed by atoms with Gasteiger partial charge in [0.25, 0.3) is 0 Å². The molecule has 0 aliphatic rings. The summed E-state index contributed by atoms with van der Waals surface area (Å²) < 4.78 is 8.22. The number of hydrazine groups is 1. The van der Waals surface area contributed by atoms with Crippen LogP contribution in [0.15, 0.2) is 27.2 Å². The Morgan fingerprint density at radius 2 is 2.31 bits per heavy atom. The number of furan rings is 1. The van der Waals surface area contributed by atoms with E-state index in [-0.39, 0.29) is 6.04 Å². The molecule has 6 heteroatoms. The van der Waals surface area contributed by atoms with Gasteiger partial charge in [-0.1, -0.05) is 0 Å². The van der Waals surface area contributed by atoms with Gasteiger partial charge in [-0.2, -0.15) is 5.10 Å². The average Bonchev–Trinajstić information content (AvgIpc) is 2.80. The number of halogens is 1. The van der Waals surface area contributed by atoms with Gasteiger partial charge < -0.3 is 4.42 Å². The van der Waals surface area contributed by atoms with Crippen molar-refractivity contribution in [2.45, 2.75) is 13.0 Å². The van der Waals surface area contributed by atoms with Gasteiger partial charge in [0.05, 0.1) is 16.4 Å². The monoisotopic (exact) mass is 284 g/mol. The van der Waals surface area contributed by atoms with Crippen molar-refractivity contribution in [2.75, 3.05) is 0 Å². The number of hydrogen-bond donors (Lipinski definition) is 2. The zero-order valence-electron chi connectivity index (χ0n) is 9.07. The molecular formula is C10H13BrN4O. The summed E-state index contributed by atoms with van der Waals surface area (Å²) in [5.74, 6) is 7.19. The highest BCUT2D eigenvalue weighted by Gasteiger charge is 2.22. The van der Waals surface area contributed by atoms with Crippen LogP contribution in [0.4, 0.5) is 0 Å². The lowest BCUT2D eigenvalue weighted by Gasteiger charge is -2.14. The predicted molar refractivity (Wildman–Crippen MR) is 63.5 cm³/mol. The molecule has 0 radical (unpaired) electrons. The molecule has 16 heavy (non-hydrogen) atoms. The van der Waals surface area contributed by atoms with E-state index in [1.165, 1.54) is 0 Å². The molecule has 2 heterocycles. The standard InChI is InChI=1S/C10H13BrN4O/c1-6-3-4-8(16-6)9(14-12)10-7(11)5-13-15(10)2/h3-5,9,14H,12H2,1-2H3. The second-order valence-corrected chi connectivity index (χ2v) is 4.40. The SMILES string of the molecule is Cc1ccc(C(NN)c2c(Br)cnn2C)o1. The first-order valence-corrected chi connectivity index (χ1v) is 5.62. The van der Waals surface area contributed by atoms with Crippen LogP contribution >= 0.6 is 15.9 Å². The van der Waals surface area contributed by atoms with Gasteiger partial charge in [-0.3, -0.25) is 10.5 Å². The minimum atomic E-state index is -0.212. The molecule has 0 saturated heterocycles. The van der Waals surface area contributed by atoms with Crippen LogP contribution in [0.5, 0.6) is 0 Å². The van der Waals surface area contributed by atoms with Crippen molar-refractivity contribution in [1.29, 1.82) is 0 Å². The van der Waals surface area contributed by atoms with Crippen molar-refractivity contribution in [2.24, 2.45) is 12.9 Å². The number of nitrogens with zero attached hydrogens (tertiary/aromatic N) is 2. The normalized spacial score (nSPS) is 13.0. The van der Waals surface area contributed by atoms with Crippen LogP contribution in [0.25, 0.3) is 0 Å². The van der Waals surface area contributed by atoms with Gasteiger partial charge in [0, 0.05) is 7.05 Å². The van der Waals surface area contributed by atoms with E-state index in [4.69, 9.17) is 10.3 Å². The Morgan fingerprint density at radius 1 is 1.56 bits per heavy atom. The van der Waals surface area contributed by atoms with Crippen molar-refractivity contribution in [1.82, 2.24) is 15.2 Å². The van der Waals surface area contributed by atoms with Gasteiger partial charge in [0.1, 0.15) is 17.6 Å². The topological polar surface area (TPSA) is 69.0 Å². The van der Waals surface area contributed by atoms with Crippen LogP contribution in [0.2, 0.25) is 0 Å². The lowest BCUT2D eigenvalue weighted by atomic mass is 10.1. The Hall–Kier alpha value is -1.11. The maximum absolute atomic E-state index is 5.57. The summed E-state index contributed by atoms with van der Waals surface area (Å²) in [6.45, 7) is 1.90. The first kappa shape index (κ1) is 11.4. The van der Waals surface area contributed by atoms with Crippen molar-refractivity contribution in [3.8, 4) is 0 Å². The van der Waals surface area contributed by atoms with Gasteiger partial charge >= 0.3 is 0 Å². The Balaban J connectivity index is 2.44. The summed E-state index contributed by atoms with van der Waals surface area (Å²) >= 11 is 3.44. The largest absolute Gasteiger partial charge is 0.464 e. The maximum atomic E-state index is 5.57. The fourth-order valence-corrected chi connectivity index (χ4v) is 2.23. The minimum absolute atomic E-state index is 0.212. The molecule has 2 aromatic rings. The highest BCUT2D eigenvalue weighted by atomic mass is 79.9. The number of nitrogens with one attached hydrogen (secondary N) is 1. The zero-order valence-corrected chi connectivity index (χ0v) is 10.7. The molecule has 2 aromatic heterocycles. The predicted octanol–water partition coefficient (Wildman–Crippen LogP) is 1.64. The van der Waals surface area contributed by atoms with Gasteiger partial charge in [-0.05, 0) is 35.0 Å². The van der Waals surface area contributed by atoms with E-state index in [0.717, 1.165) is 21.7 Å². The molecule has 0 aromatic carbocycles. The van der Waals surface area contributed by atoms with E-state index in [2.05, 4.69) is 26.5 Å². The maximum Gasteiger partial charge on any atom is 0.128 e. The van der Waals surface area contributed by atoms with Crippen molar-refractivity contribution in [3.63, 3.8) is 0 Å². The average molecular weight is 285 g/mol. The van der Waals surface area contributed by atoms with Gasteiger partial charge in [0.15, 0.2) is 0 Å². The number of aryl methyl sites for hydroxylation is 2.